The summed E-state index contributed by atoms with van der Waals surface area (Å²) in [5.74, 6) is -0.761. The Morgan fingerprint density at radius 2 is 1.64 bits per heavy atom. The zero-order valence-corrected chi connectivity index (χ0v) is 21.1. The molecule has 9 heteroatoms. The Balaban J connectivity index is 1.47. The van der Waals surface area contributed by atoms with E-state index in [-0.39, 0.29) is 0 Å². The number of esters is 1. The normalized spacial score (nSPS) is 10.5. The topological polar surface area (TPSA) is 103 Å². The van der Waals surface area contributed by atoms with Crippen LogP contribution in [0.25, 0.3) is 6.08 Å². The predicted octanol–water partition coefficient (Wildman–Crippen LogP) is 4.44. The van der Waals surface area contributed by atoms with Gasteiger partial charge in [0.2, 0.25) is 0 Å². The third-order valence-electron chi connectivity index (χ3n) is 4.68. The Hall–Kier alpha value is -4.11. The number of hydrazine groups is 1. The molecule has 3 aromatic rings. The molecule has 0 heterocycles. The van der Waals surface area contributed by atoms with E-state index in [1.807, 2.05) is 37.3 Å². The van der Waals surface area contributed by atoms with Gasteiger partial charge in [0.05, 0.1) is 6.61 Å². The molecule has 0 atom stereocenters. The van der Waals surface area contributed by atoms with Gasteiger partial charge in [-0.2, -0.15) is 0 Å². The van der Waals surface area contributed by atoms with E-state index in [0.717, 1.165) is 10.0 Å². The van der Waals surface area contributed by atoms with Crippen molar-refractivity contribution < 1.29 is 28.6 Å². The first kappa shape index (κ1) is 26.5. The third-order valence-corrected chi connectivity index (χ3v) is 5.21. The van der Waals surface area contributed by atoms with Crippen LogP contribution in [0.15, 0.2) is 83.3 Å². The van der Waals surface area contributed by atoms with Gasteiger partial charge in [-0.1, -0.05) is 52.3 Å². The Morgan fingerprint density at radius 1 is 0.889 bits per heavy atom. The Kier molecular flexibility index (Phi) is 10.1. The SMILES string of the molecule is CCOc1cc(C=CC(=O)OCC(=O)NNC(=O)c2ccc(Br)cc2)ccc1OCc1ccccc1. The van der Waals surface area contributed by atoms with E-state index in [1.54, 1.807) is 48.5 Å². The second-order valence-electron chi connectivity index (χ2n) is 7.36. The Labute approximate surface area is 217 Å². The highest BCUT2D eigenvalue weighted by Crippen LogP contribution is 2.29. The lowest BCUT2D eigenvalue weighted by molar-refractivity contribution is -0.144. The molecule has 3 rings (SSSR count). The van der Waals surface area contributed by atoms with Gasteiger partial charge in [0.25, 0.3) is 11.8 Å². The van der Waals surface area contributed by atoms with E-state index in [2.05, 4.69) is 26.8 Å². The maximum Gasteiger partial charge on any atom is 0.331 e. The molecule has 0 saturated carbocycles. The molecule has 186 valence electrons. The summed E-state index contributed by atoms with van der Waals surface area (Å²) < 4.78 is 17.3. The zero-order chi connectivity index (χ0) is 25.8. The number of halogens is 1. The maximum absolute atomic E-state index is 12.0. The average Bonchev–Trinajstić information content (AvgIpc) is 2.90. The highest BCUT2D eigenvalue weighted by Gasteiger charge is 2.10. The van der Waals surface area contributed by atoms with Gasteiger partial charge in [-0.05, 0) is 60.5 Å². The number of amides is 2. The van der Waals surface area contributed by atoms with Crippen molar-refractivity contribution in [2.24, 2.45) is 0 Å². The standard InChI is InChI=1S/C27H25BrN2O6/c1-2-34-24-16-19(8-14-23(24)35-17-20-6-4-3-5-7-20)9-15-26(32)36-18-25(31)29-30-27(33)21-10-12-22(28)13-11-21/h3-16H,2,17-18H2,1H3,(H,29,31)(H,30,33). The lowest BCUT2D eigenvalue weighted by Gasteiger charge is -2.12. The van der Waals surface area contributed by atoms with Crippen molar-refractivity contribution in [2.75, 3.05) is 13.2 Å². The molecule has 2 amide bonds. The van der Waals surface area contributed by atoms with Gasteiger partial charge in [0.1, 0.15) is 6.61 Å². The number of nitrogens with one attached hydrogen (secondary N) is 2. The minimum Gasteiger partial charge on any atom is -0.490 e. The fourth-order valence-electron chi connectivity index (χ4n) is 2.94. The fraction of sp³-hybridized carbons (Fsp3) is 0.148. The molecule has 0 aliphatic heterocycles. The minimum atomic E-state index is -0.716. The molecule has 3 aromatic carbocycles. The van der Waals surface area contributed by atoms with Crippen molar-refractivity contribution in [3.8, 4) is 11.5 Å². The Morgan fingerprint density at radius 3 is 2.36 bits per heavy atom. The van der Waals surface area contributed by atoms with E-state index >= 15 is 0 Å². The molecular formula is C27H25BrN2O6. The molecule has 0 bridgehead atoms. The zero-order valence-electron chi connectivity index (χ0n) is 19.5. The molecule has 36 heavy (non-hydrogen) atoms. The lowest BCUT2D eigenvalue weighted by Crippen LogP contribution is -2.43. The van der Waals surface area contributed by atoms with Crippen molar-refractivity contribution in [2.45, 2.75) is 13.5 Å². The van der Waals surface area contributed by atoms with Gasteiger partial charge in [-0.3, -0.25) is 20.4 Å². The number of ether oxygens (including phenoxy) is 3. The van der Waals surface area contributed by atoms with E-state index in [0.29, 0.717) is 35.8 Å². The highest BCUT2D eigenvalue weighted by atomic mass is 79.9. The van der Waals surface area contributed by atoms with Gasteiger partial charge >= 0.3 is 5.97 Å². The number of benzene rings is 3. The van der Waals surface area contributed by atoms with Gasteiger partial charge < -0.3 is 14.2 Å². The van der Waals surface area contributed by atoms with Crippen LogP contribution in [-0.4, -0.2) is 31.0 Å². The minimum absolute atomic E-state index is 0.362. The monoisotopic (exact) mass is 552 g/mol. The largest absolute Gasteiger partial charge is 0.490 e. The van der Waals surface area contributed by atoms with Crippen LogP contribution in [0, 0.1) is 0 Å². The number of carbonyl (C=O) groups excluding carboxylic acids is 3. The van der Waals surface area contributed by atoms with Crippen LogP contribution < -0.4 is 20.3 Å². The fourth-order valence-corrected chi connectivity index (χ4v) is 3.20. The molecule has 2 N–H and O–H groups in total. The van der Waals surface area contributed by atoms with Crippen molar-refractivity contribution in [1.29, 1.82) is 0 Å². The van der Waals surface area contributed by atoms with Crippen LogP contribution in [0.2, 0.25) is 0 Å². The van der Waals surface area contributed by atoms with E-state index in [4.69, 9.17) is 14.2 Å². The first-order valence-corrected chi connectivity index (χ1v) is 11.9. The summed E-state index contributed by atoms with van der Waals surface area (Å²) in [5, 5.41) is 0. The van der Waals surface area contributed by atoms with E-state index in [9.17, 15) is 14.4 Å². The summed E-state index contributed by atoms with van der Waals surface area (Å²) in [4.78, 5) is 35.9. The Bertz CT molecular complexity index is 1210. The molecule has 0 unspecified atom stereocenters. The quantitative estimate of drug-likeness (QED) is 0.219. The summed E-state index contributed by atoms with van der Waals surface area (Å²) in [6, 6.07) is 21.6. The van der Waals surface area contributed by atoms with Crippen LogP contribution in [0.1, 0.15) is 28.4 Å². The summed E-state index contributed by atoms with van der Waals surface area (Å²) in [6.45, 7) is 2.16. The van der Waals surface area contributed by atoms with Crippen LogP contribution in [0.5, 0.6) is 11.5 Å². The number of carbonyl (C=O) groups is 3. The number of hydrogen-bond donors (Lipinski definition) is 2. The summed E-state index contributed by atoms with van der Waals surface area (Å²) in [6.07, 6.45) is 2.74. The van der Waals surface area contributed by atoms with Crippen molar-refractivity contribution >= 4 is 39.8 Å². The summed E-state index contributed by atoms with van der Waals surface area (Å²) >= 11 is 3.28. The first-order valence-electron chi connectivity index (χ1n) is 11.1. The molecule has 0 fully saturated rings. The molecule has 0 aliphatic rings. The molecule has 0 spiro atoms. The molecular weight excluding hydrogens is 528 g/mol. The molecule has 0 radical (unpaired) electrons. The van der Waals surface area contributed by atoms with Crippen LogP contribution in [0.4, 0.5) is 0 Å². The smallest absolute Gasteiger partial charge is 0.331 e. The van der Waals surface area contributed by atoms with E-state index in [1.165, 1.54) is 6.08 Å². The molecule has 0 saturated heterocycles. The van der Waals surface area contributed by atoms with E-state index < -0.39 is 24.4 Å². The van der Waals surface area contributed by atoms with Crippen molar-refractivity contribution in [1.82, 2.24) is 10.9 Å². The van der Waals surface area contributed by atoms with Crippen molar-refractivity contribution in [3.05, 3.63) is 100 Å². The van der Waals surface area contributed by atoms with Gasteiger partial charge in [0, 0.05) is 16.1 Å². The van der Waals surface area contributed by atoms with Crippen LogP contribution in [-0.2, 0) is 20.9 Å². The second kappa shape index (κ2) is 13.7. The summed E-state index contributed by atoms with van der Waals surface area (Å²) in [5.41, 5.74) is 6.53. The van der Waals surface area contributed by atoms with Gasteiger partial charge in [-0.15, -0.1) is 0 Å². The number of hydrogen-bond acceptors (Lipinski definition) is 6. The predicted molar refractivity (Wildman–Crippen MR) is 138 cm³/mol. The van der Waals surface area contributed by atoms with Crippen LogP contribution in [0.3, 0.4) is 0 Å². The lowest BCUT2D eigenvalue weighted by atomic mass is 10.2. The van der Waals surface area contributed by atoms with Crippen molar-refractivity contribution in [3.63, 3.8) is 0 Å². The average molecular weight is 553 g/mol. The molecule has 0 aromatic heterocycles. The highest BCUT2D eigenvalue weighted by molar-refractivity contribution is 9.10. The summed E-state index contributed by atoms with van der Waals surface area (Å²) in [7, 11) is 0. The van der Waals surface area contributed by atoms with Crippen LogP contribution >= 0.6 is 15.9 Å². The van der Waals surface area contributed by atoms with Gasteiger partial charge in [-0.25, -0.2) is 4.79 Å². The second-order valence-corrected chi connectivity index (χ2v) is 8.28. The third kappa shape index (κ3) is 8.59. The number of rotatable bonds is 10. The maximum atomic E-state index is 12.0. The van der Waals surface area contributed by atoms with Gasteiger partial charge in [0.15, 0.2) is 18.1 Å². The molecule has 0 aliphatic carbocycles. The molecule has 8 nitrogen and oxygen atoms in total. The first-order chi connectivity index (χ1) is 17.4.